The van der Waals surface area contributed by atoms with Crippen molar-refractivity contribution in [3.05, 3.63) is 55.6 Å². The van der Waals surface area contributed by atoms with Crippen LogP contribution < -0.4 is 21.3 Å². The van der Waals surface area contributed by atoms with Crippen molar-refractivity contribution in [1.29, 1.82) is 0 Å². The molecule has 0 aliphatic carbocycles. The highest BCUT2D eigenvalue weighted by molar-refractivity contribution is 6.32. The van der Waals surface area contributed by atoms with E-state index in [0.29, 0.717) is 12.5 Å². The van der Waals surface area contributed by atoms with Gasteiger partial charge in [-0.25, -0.2) is 13.8 Å². The van der Waals surface area contributed by atoms with E-state index in [0.717, 1.165) is 19.5 Å². The molecule has 1 aromatic carbocycles. The van der Waals surface area contributed by atoms with Crippen LogP contribution >= 0.6 is 11.6 Å². The minimum atomic E-state index is -4.99. The minimum absolute atomic E-state index is 0.0448. The standard InChI is InChI=1S/C22H24ClF4N3O6/c1-4-5-8-35-19(32)6-7-28-20(33)12(2)36-16-10-15(14(24)9-13(16)23)30-18(31)11-17(22(25,26)27)29(3)21(30)34/h9-12H,4-8H2,1-3H3,(H,28,33). The van der Waals surface area contributed by atoms with Crippen LogP contribution in [0.5, 0.6) is 5.75 Å². The van der Waals surface area contributed by atoms with Crippen molar-refractivity contribution in [1.82, 2.24) is 14.5 Å². The van der Waals surface area contributed by atoms with Gasteiger partial charge in [-0.2, -0.15) is 13.2 Å². The third-order valence-corrected chi connectivity index (χ3v) is 5.21. The van der Waals surface area contributed by atoms with Crippen molar-refractivity contribution in [2.75, 3.05) is 13.2 Å². The maximum atomic E-state index is 14.6. The molecule has 9 nitrogen and oxygen atoms in total. The van der Waals surface area contributed by atoms with E-state index in [1.54, 1.807) is 0 Å². The number of nitrogens with one attached hydrogen (secondary N) is 1. The quantitative estimate of drug-likeness (QED) is 0.284. The van der Waals surface area contributed by atoms with Crippen molar-refractivity contribution < 1.29 is 36.6 Å². The first-order chi connectivity index (χ1) is 16.8. The van der Waals surface area contributed by atoms with Crippen LogP contribution in [0.1, 0.15) is 38.8 Å². The SMILES string of the molecule is CCCCOC(=O)CCNC(=O)C(C)Oc1cc(-n2c(=O)cc(C(F)(F)F)n(C)c2=O)c(F)cc1Cl. The molecule has 0 spiro atoms. The molecule has 1 atom stereocenters. The Kier molecular flexibility index (Phi) is 9.68. The van der Waals surface area contributed by atoms with Crippen molar-refractivity contribution >= 4 is 23.5 Å². The number of carbonyl (C=O) groups is 2. The number of ether oxygens (including phenoxy) is 2. The molecule has 14 heteroatoms. The topological polar surface area (TPSA) is 109 Å². The zero-order valence-corrected chi connectivity index (χ0v) is 20.3. The van der Waals surface area contributed by atoms with Gasteiger partial charge in [0.2, 0.25) is 0 Å². The number of hydrogen-bond acceptors (Lipinski definition) is 6. The van der Waals surface area contributed by atoms with Crippen LogP contribution in [0.3, 0.4) is 0 Å². The van der Waals surface area contributed by atoms with E-state index in [9.17, 15) is 36.7 Å². The molecular formula is C22H24ClF4N3O6. The van der Waals surface area contributed by atoms with Gasteiger partial charge < -0.3 is 14.8 Å². The van der Waals surface area contributed by atoms with Gasteiger partial charge in [0.1, 0.15) is 17.3 Å². The monoisotopic (exact) mass is 537 g/mol. The molecule has 2 aromatic rings. The minimum Gasteiger partial charge on any atom is -0.479 e. The maximum Gasteiger partial charge on any atom is 0.431 e. The molecule has 198 valence electrons. The van der Waals surface area contributed by atoms with Gasteiger partial charge >= 0.3 is 17.8 Å². The Morgan fingerprint density at radius 2 is 1.86 bits per heavy atom. The summed E-state index contributed by atoms with van der Waals surface area (Å²) < 4.78 is 64.5. The van der Waals surface area contributed by atoms with Crippen LogP contribution in [0.25, 0.3) is 5.69 Å². The highest BCUT2D eigenvalue weighted by Crippen LogP contribution is 2.30. The van der Waals surface area contributed by atoms with Gasteiger partial charge in [0, 0.05) is 25.7 Å². The number of amides is 1. The number of alkyl halides is 3. The van der Waals surface area contributed by atoms with E-state index in [1.165, 1.54) is 6.92 Å². The summed E-state index contributed by atoms with van der Waals surface area (Å²) in [5.41, 5.74) is -5.14. The number of benzene rings is 1. The Morgan fingerprint density at radius 1 is 1.19 bits per heavy atom. The van der Waals surface area contributed by atoms with Gasteiger partial charge in [0.15, 0.2) is 6.10 Å². The number of carbonyl (C=O) groups excluding carboxylic acids is 2. The van der Waals surface area contributed by atoms with Crippen molar-refractivity contribution in [3.63, 3.8) is 0 Å². The molecule has 1 N–H and O–H groups in total. The molecule has 0 saturated heterocycles. The Balaban J connectivity index is 2.23. The zero-order chi connectivity index (χ0) is 27.2. The Labute approximate surface area is 207 Å². The molecule has 36 heavy (non-hydrogen) atoms. The van der Waals surface area contributed by atoms with E-state index in [2.05, 4.69) is 5.32 Å². The van der Waals surface area contributed by atoms with E-state index in [-0.39, 0.29) is 45.5 Å². The average Bonchev–Trinajstić information content (AvgIpc) is 2.78. The second-order valence-corrected chi connectivity index (χ2v) is 8.06. The number of rotatable bonds is 10. The molecule has 0 radical (unpaired) electrons. The van der Waals surface area contributed by atoms with Gasteiger partial charge in [-0.15, -0.1) is 0 Å². The molecule has 0 fully saturated rings. The van der Waals surface area contributed by atoms with Crippen LogP contribution in [0.2, 0.25) is 5.02 Å². The molecule has 1 unspecified atom stereocenters. The summed E-state index contributed by atoms with van der Waals surface area (Å²) in [5, 5.41) is 2.12. The van der Waals surface area contributed by atoms with Crippen LogP contribution in [-0.4, -0.2) is 40.3 Å². The molecule has 0 bridgehead atoms. The number of nitrogens with zero attached hydrogens (tertiary/aromatic N) is 2. The lowest BCUT2D eigenvalue weighted by Gasteiger charge is -2.18. The lowest BCUT2D eigenvalue weighted by atomic mass is 10.2. The summed E-state index contributed by atoms with van der Waals surface area (Å²) in [4.78, 5) is 48.7. The molecular weight excluding hydrogens is 514 g/mol. The van der Waals surface area contributed by atoms with Crippen molar-refractivity contribution in [2.24, 2.45) is 7.05 Å². The van der Waals surface area contributed by atoms with E-state index in [1.807, 2.05) is 6.92 Å². The van der Waals surface area contributed by atoms with Gasteiger partial charge in [-0.05, 0) is 19.4 Å². The fraction of sp³-hybridized carbons (Fsp3) is 0.455. The lowest BCUT2D eigenvalue weighted by Crippen LogP contribution is -2.41. The molecule has 2 rings (SSSR count). The van der Waals surface area contributed by atoms with E-state index < -0.39 is 52.6 Å². The van der Waals surface area contributed by atoms with Crippen LogP contribution in [-0.2, 0) is 27.5 Å². The summed E-state index contributed by atoms with van der Waals surface area (Å²) in [6, 6.07) is 1.66. The Morgan fingerprint density at radius 3 is 2.47 bits per heavy atom. The molecule has 0 saturated carbocycles. The normalized spacial score (nSPS) is 12.2. The van der Waals surface area contributed by atoms with E-state index in [4.69, 9.17) is 21.1 Å². The summed E-state index contributed by atoms with van der Waals surface area (Å²) >= 11 is 5.96. The summed E-state index contributed by atoms with van der Waals surface area (Å²) in [6.45, 7) is 3.49. The van der Waals surface area contributed by atoms with Crippen LogP contribution in [0.15, 0.2) is 27.8 Å². The van der Waals surface area contributed by atoms with Crippen LogP contribution in [0.4, 0.5) is 17.6 Å². The first-order valence-corrected chi connectivity index (χ1v) is 11.1. The first-order valence-electron chi connectivity index (χ1n) is 10.8. The average molecular weight is 538 g/mol. The molecule has 1 heterocycles. The zero-order valence-electron chi connectivity index (χ0n) is 19.6. The summed E-state index contributed by atoms with van der Waals surface area (Å²) in [7, 11) is 0.776. The third kappa shape index (κ3) is 7.09. The van der Waals surface area contributed by atoms with Gasteiger partial charge in [0.25, 0.3) is 11.5 Å². The number of esters is 1. The molecule has 1 aromatic heterocycles. The number of aromatic nitrogens is 2. The predicted octanol–water partition coefficient (Wildman–Crippen LogP) is 2.96. The second kappa shape index (κ2) is 12.1. The van der Waals surface area contributed by atoms with Gasteiger partial charge in [0.05, 0.1) is 23.7 Å². The fourth-order valence-electron chi connectivity index (χ4n) is 2.98. The lowest BCUT2D eigenvalue weighted by molar-refractivity contribution is -0.144. The molecule has 0 aliphatic heterocycles. The molecule has 1 amide bonds. The highest BCUT2D eigenvalue weighted by atomic mass is 35.5. The first kappa shape index (κ1) is 28.9. The number of halogens is 5. The number of hydrogen-bond donors (Lipinski definition) is 1. The van der Waals surface area contributed by atoms with Crippen molar-refractivity contribution in [3.8, 4) is 11.4 Å². The summed E-state index contributed by atoms with van der Waals surface area (Å²) in [6.07, 6.45) is -4.72. The smallest absolute Gasteiger partial charge is 0.431 e. The third-order valence-electron chi connectivity index (χ3n) is 4.92. The maximum absolute atomic E-state index is 14.6. The predicted molar refractivity (Wildman–Crippen MR) is 121 cm³/mol. The van der Waals surface area contributed by atoms with Gasteiger partial charge in [-0.3, -0.25) is 19.0 Å². The van der Waals surface area contributed by atoms with E-state index >= 15 is 0 Å². The van der Waals surface area contributed by atoms with Crippen molar-refractivity contribution in [2.45, 2.75) is 45.4 Å². The Bertz CT molecular complexity index is 1240. The van der Waals surface area contributed by atoms with Crippen LogP contribution in [0, 0.1) is 5.82 Å². The number of unbranched alkanes of at least 4 members (excludes halogenated alkanes) is 1. The van der Waals surface area contributed by atoms with Gasteiger partial charge in [-0.1, -0.05) is 24.9 Å². The largest absolute Gasteiger partial charge is 0.479 e. The second-order valence-electron chi connectivity index (χ2n) is 7.65. The summed E-state index contributed by atoms with van der Waals surface area (Å²) in [5.74, 6) is -2.67. The highest BCUT2D eigenvalue weighted by Gasteiger charge is 2.35. The Hall–Kier alpha value is -3.35. The molecule has 0 aliphatic rings. The fourth-order valence-corrected chi connectivity index (χ4v) is 3.17.